The molecule has 1 atom stereocenters. The highest BCUT2D eigenvalue weighted by molar-refractivity contribution is 5.76. The molecule has 0 radical (unpaired) electrons. The summed E-state index contributed by atoms with van der Waals surface area (Å²) in [5, 5.41) is 4.49. The Balaban J connectivity index is 1.58. The SMILES string of the molecule is Cc1cc(C)n(CCC(=O)N(CCN(C)C)C[C@@H]2CCCN(Cc3ccccc3F)C2)n1. The molecule has 1 aliphatic rings. The zero-order valence-electron chi connectivity index (χ0n) is 20.1. The minimum Gasteiger partial charge on any atom is -0.341 e. The maximum atomic E-state index is 14.1. The van der Waals surface area contributed by atoms with Gasteiger partial charge in [0, 0.05) is 56.9 Å². The van der Waals surface area contributed by atoms with E-state index in [9.17, 15) is 9.18 Å². The van der Waals surface area contributed by atoms with Crippen molar-refractivity contribution in [3.63, 3.8) is 0 Å². The van der Waals surface area contributed by atoms with Crippen molar-refractivity contribution in [2.24, 2.45) is 5.92 Å². The molecular formula is C25H38FN5O. The summed E-state index contributed by atoms with van der Waals surface area (Å²) in [5.74, 6) is 0.461. The molecule has 0 aliphatic carbocycles. The molecule has 0 bridgehead atoms. The van der Waals surface area contributed by atoms with Crippen LogP contribution in [0.25, 0.3) is 0 Å². The Kier molecular flexibility index (Phi) is 8.82. The topological polar surface area (TPSA) is 44.6 Å². The minimum absolute atomic E-state index is 0.137. The van der Waals surface area contributed by atoms with Crippen molar-refractivity contribution in [2.45, 2.75) is 46.2 Å². The van der Waals surface area contributed by atoms with Gasteiger partial charge < -0.3 is 9.80 Å². The van der Waals surface area contributed by atoms with E-state index in [1.165, 1.54) is 6.07 Å². The number of likely N-dealkylation sites (N-methyl/N-ethyl adjacent to an activating group) is 1. The van der Waals surface area contributed by atoms with Gasteiger partial charge >= 0.3 is 0 Å². The summed E-state index contributed by atoms with van der Waals surface area (Å²) in [6, 6.07) is 9.06. The van der Waals surface area contributed by atoms with Crippen LogP contribution in [0.15, 0.2) is 30.3 Å². The largest absolute Gasteiger partial charge is 0.341 e. The Bertz CT molecular complexity index is 881. The summed E-state index contributed by atoms with van der Waals surface area (Å²) in [6.07, 6.45) is 2.65. The molecule has 1 saturated heterocycles. The maximum absolute atomic E-state index is 14.1. The number of halogens is 1. The third-order valence-electron chi connectivity index (χ3n) is 6.24. The van der Waals surface area contributed by atoms with Crippen LogP contribution in [0.2, 0.25) is 0 Å². The van der Waals surface area contributed by atoms with E-state index < -0.39 is 0 Å². The predicted molar refractivity (Wildman–Crippen MR) is 126 cm³/mol. The molecule has 2 aromatic rings. The summed E-state index contributed by atoms with van der Waals surface area (Å²) in [6.45, 7) is 9.46. The van der Waals surface area contributed by atoms with Crippen molar-refractivity contribution in [3.05, 3.63) is 53.1 Å². The molecule has 1 aromatic carbocycles. The molecule has 6 nitrogen and oxygen atoms in total. The van der Waals surface area contributed by atoms with Crippen LogP contribution in [0, 0.1) is 25.6 Å². The first-order chi connectivity index (χ1) is 15.3. The fourth-order valence-electron chi connectivity index (χ4n) is 4.52. The molecule has 0 unspecified atom stereocenters. The summed E-state index contributed by atoms with van der Waals surface area (Å²) < 4.78 is 16.0. The second kappa shape index (κ2) is 11.6. The number of piperidine rings is 1. The lowest BCUT2D eigenvalue weighted by molar-refractivity contribution is -0.132. The molecule has 176 valence electrons. The molecule has 0 spiro atoms. The Morgan fingerprint density at radius 1 is 1.22 bits per heavy atom. The molecule has 1 aliphatic heterocycles. The average Bonchev–Trinajstić information content (AvgIpc) is 3.08. The summed E-state index contributed by atoms with van der Waals surface area (Å²) in [4.78, 5) is 19.6. The van der Waals surface area contributed by atoms with E-state index in [1.54, 1.807) is 6.07 Å². The van der Waals surface area contributed by atoms with Crippen molar-refractivity contribution >= 4 is 5.91 Å². The first-order valence-electron chi connectivity index (χ1n) is 11.7. The quantitative estimate of drug-likeness (QED) is 0.565. The predicted octanol–water partition coefficient (Wildman–Crippen LogP) is 3.33. The van der Waals surface area contributed by atoms with Gasteiger partial charge in [0.25, 0.3) is 0 Å². The fraction of sp³-hybridized carbons (Fsp3) is 0.600. The van der Waals surface area contributed by atoms with Gasteiger partial charge in [0.05, 0.1) is 5.69 Å². The number of hydrogen-bond acceptors (Lipinski definition) is 4. The molecule has 32 heavy (non-hydrogen) atoms. The van der Waals surface area contributed by atoms with Gasteiger partial charge in [-0.15, -0.1) is 0 Å². The number of carbonyl (C=O) groups is 1. The zero-order chi connectivity index (χ0) is 23.1. The van der Waals surface area contributed by atoms with Crippen LogP contribution >= 0.6 is 0 Å². The number of rotatable bonds is 10. The summed E-state index contributed by atoms with van der Waals surface area (Å²) in [7, 11) is 4.07. The Labute approximate surface area is 192 Å². The Morgan fingerprint density at radius 2 is 2.00 bits per heavy atom. The van der Waals surface area contributed by atoms with Crippen LogP contribution in [0.3, 0.4) is 0 Å². The molecule has 0 saturated carbocycles. The number of likely N-dealkylation sites (tertiary alicyclic amines) is 1. The van der Waals surface area contributed by atoms with Crippen LogP contribution < -0.4 is 0 Å². The van der Waals surface area contributed by atoms with E-state index in [-0.39, 0.29) is 11.7 Å². The Morgan fingerprint density at radius 3 is 2.69 bits per heavy atom. The van der Waals surface area contributed by atoms with Crippen molar-refractivity contribution in [3.8, 4) is 0 Å². The number of carbonyl (C=O) groups excluding carboxylic acids is 1. The first-order valence-corrected chi connectivity index (χ1v) is 11.7. The number of amides is 1. The van der Waals surface area contributed by atoms with E-state index in [2.05, 4.69) is 14.9 Å². The highest BCUT2D eigenvalue weighted by Gasteiger charge is 2.25. The van der Waals surface area contributed by atoms with Crippen LogP contribution in [0.1, 0.15) is 36.2 Å². The Hall–Kier alpha value is -2.25. The average molecular weight is 444 g/mol. The lowest BCUT2D eigenvalue weighted by Gasteiger charge is -2.36. The van der Waals surface area contributed by atoms with Crippen molar-refractivity contribution in [1.82, 2.24) is 24.5 Å². The highest BCUT2D eigenvalue weighted by Crippen LogP contribution is 2.21. The third kappa shape index (κ3) is 7.14. The standard InChI is InChI=1S/C25H38FN5O/c1-20-16-21(2)31(27-20)13-11-25(32)30(15-14-28(3)4)18-22-8-7-12-29(17-22)19-23-9-5-6-10-24(23)26/h5-6,9-10,16,22H,7-8,11-15,17-19H2,1-4H3/t22-/m1/s1. The fourth-order valence-corrected chi connectivity index (χ4v) is 4.52. The van der Waals surface area contributed by atoms with E-state index in [4.69, 9.17) is 0 Å². The van der Waals surface area contributed by atoms with E-state index in [1.807, 2.05) is 55.7 Å². The van der Waals surface area contributed by atoms with Gasteiger partial charge in [-0.1, -0.05) is 18.2 Å². The lowest BCUT2D eigenvalue weighted by atomic mass is 9.96. The zero-order valence-corrected chi connectivity index (χ0v) is 20.1. The second-order valence-electron chi connectivity index (χ2n) is 9.38. The van der Waals surface area contributed by atoms with Gasteiger partial charge in [0.15, 0.2) is 0 Å². The highest BCUT2D eigenvalue weighted by atomic mass is 19.1. The van der Waals surface area contributed by atoms with Gasteiger partial charge in [0.2, 0.25) is 5.91 Å². The molecule has 2 heterocycles. The summed E-state index contributed by atoms with van der Waals surface area (Å²) in [5.41, 5.74) is 2.82. The molecule has 7 heteroatoms. The van der Waals surface area contributed by atoms with Crippen molar-refractivity contribution in [2.75, 3.05) is 46.8 Å². The van der Waals surface area contributed by atoms with Crippen LogP contribution in [0.5, 0.6) is 0 Å². The number of benzene rings is 1. The van der Waals surface area contributed by atoms with Gasteiger partial charge in [-0.05, 0) is 65.4 Å². The van der Waals surface area contributed by atoms with Crippen molar-refractivity contribution < 1.29 is 9.18 Å². The third-order valence-corrected chi connectivity index (χ3v) is 6.24. The monoisotopic (exact) mass is 443 g/mol. The maximum Gasteiger partial charge on any atom is 0.224 e. The van der Waals surface area contributed by atoms with Gasteiger partial charge in [-0.2, -0.15) is 5.10 Å². The molecule has 1 fully saturated rings. The smallest absolute Gasteiger partial charge is 0.224 e. The van der Waals surface area contributed by atoms with E-state index >= 15 is 0 Å². The van der Waals surface area contributed by atoms with Crippen LogP contribution in [-0.4, -0.2) is 77.2 Å². The number of aromatic nitrogens is 2. The number of aryl methyl sites for hydroxylation is 3. The summed E-state index contributed by atoms with van der Waals surface area (Å²) >= 11 is 0. The normalized spacial score (nSPS) is 17.1. The number of hydrogen-bond donors (Lipinski definition) is 0. The molecule has 0 N–H and O–H groups in total. The minimum atomic E-state index is -0.137. The van der Waals surface area contributed by atoms with Crippen molar-refractivity contribution in [1.29, 1.82) is 0 Å². The number of nitrogens with zero attached hydrogens (tertiary/aromatic N) is 5. The second-order valence-corrected chi connectivity index (χ2v) is 9.38. The van der Waals surface area contributed by atoms with E-state index in [0.29, 0.717) is 25.4 Å². The van der Waals surface area contributed by atoms with Gasteiger partial charge in [-0.25, -0.2) is 4.39 Å². The van der Waals surface area contributed by atoms with Gasteiger partial charge in [0.1, 0.15) is 5.82 Å². The molecule has 1 aromatic heterocycles. The van der Waals surface area contributed by atoms with Gasteiger partial charge in [-0.3, -0.25) is 14.4 Å². The molecular weight excluding hydrogens is 405 g/mol. The van der Waals surface area contributed by atoms with Crippen LogP contribution in [-0.2, 0) is 17.9 Å². The first kappa shape index (κ1) is 24.4. The molecule has 3 rings (SSSR count). The molecule has 1 amide bonds. The lowest BCUT2D eigenvalue weighted by Crippen LogP contribution is -2.44. The van der Waals surface area contributed by atoms with Crippen LogP contribution in [0.4, 0.5) is 4.39 Å². The van der Waals surface area contributed by atoms with E-state index in [0.717, 1.165) is 62.5 Å².